The average Bonchev–Trinajstić information content (AvgIpc) is 1.77. The fraction of sp³-hybridized carbons (Fsp3) is 0. The smallest absolute Gasteiger partial charge is 0.142 e. The van der Waals surface area contributed by atoms with Gasteiger partial charge in [-0.25, -0.2) is 0 Å². The maximum absolute atomic E-state index is 4.12. The van der Waals surface area contributed by atoms with Crippen molar-refractivity contribution in [1.82, 2.24) is 0 Å². The summed E-state index contributed by atoms with van der Waals surface area (Å²) in [6.45, 7) is 0. The van der Waals surface area contributed by atoms with Gasteiger partial charge in [0.25, 0.3) is 0 Å². The Morgan fingerprint density at radius 1 is 0.889 bits per heavy atom. The zero-order chi connectivity index (χ0) is 5.98. The molecule has 0 saturated heterocycles. The topological polar surface area (TPSA) is 0 Å². The molecule has 3 heteroatoms. The van der Waals surface area contributed by atoms with Gasteiger partial charge in [0.2, 0.25) is 0 Å². The van der Waals surface area contributed by atoms with Gasteiger partial charge in [0.1, 0.15) is 0 Å². The summed E-state index contributed by atoms with van der Waals surface area (Å²) >= 11 is 8.24. The third kappa shape index (κ3) is 2.66. The van der Waals surface area contributed by atoms with E-state index in [1.54, 1.807) is 0 Å². The Hall–Kier alpha value is 0.414. The third-order valence-electron chi connectivity index (χ3n) is 0.882. The molecular weight excluding hydrogens is 195 g/mol. The van der Waals surface area contributed by atoms with Gasteiger partial charge in [-0.2, -0.15) is 0 Å². The molecule has 0 aromatic heterocycles. The molecule has 0 radical (unpaired) electrons. The zero-order valence-corrected chi connectivity index (χ0v) is 7.30. The molecule has 0 atom stereocenters. The van der Waals surface area contributed by atoms with Crippen molar-refractivity contribution in [3.63, 3.8) is 0 Å². The first-order chi connectivity index (χ1) is 3.80. The molecule has 0 amide bonds. The van der Waals surface area contributed by atoms with Crippen LogP contribution in [0.4, 0.5) is 0 Å². The maximum atomic E-state index is 4.12. The van der Waals surface area contributed by atoms with E-state index < -0.39 is 0 Å². The Balaban J connectivity index is 0.000000640. The van der Waals surface area contributed by atoms with Crippen LogP contribution >= 0.6 is 25.3 Å². The number of hydrogen-bond donors (Lipinski definition) is 2. The summed E-state index contributed by atoms with van der Waals surface area (Å²) in [5.41, 5.74) is 0. The molecule has 9 heavy (non-hydrogen) atoms. The molecule has 0 heterocycles. The zero-order valence-electron chi connectivity index (χ0n) is 4.52. The molecule has 0 unspecified atom stereocenters. The molecule has 0 aliphatic heterocycles. The monoisotopic (exact) mass is 200 g/mol. The predicted molar refractivity (Wildman–Crippen MR) is 40.9 cm³/mol. The van der Waals surface area contributed by atoms with Crippen LogP contribution in [0.25, 0.3) is 0 Å². The summed E-state index contributed by atoms with van der Waals surface area (Å²) in [6.07, 6.45) is 0. The van der Waals surface area contributed by atoms with E-state index in [-0.39, 0.29) is 16.5 Å². The average molecular weight is 201 g/mol. The van der Waals surface area contributed by atoms with E-state index in [9.17, 15) is 0 Å². The van der Waals surface area contributed by atoms with E-state index in [4.69, 9.17) is 0 Å². The van der Waals surface area contributed by atoms with Crippen LogP contribution in [0.2, 0.25) is 0 Å². The minimum atomic E-state index is 0. The maximum Gasteiger partial charge on any atom is 2.00 e. The molecular formula is C6H6NiS2+2. The van der Waals surface area contributed by atoms with Crippen molar-refractivity contribution in [2.75, 3.05) is 0 Å². The van der Waals surface area contributed by atoms with Gasteiger partial charge in [-0.3, -0.25) is 0 Å². The van der Waals surface area contributed by atoms with E-state index in [2.05, 4.69) is 25.3 Å². The first-order valence-corrected chi connectivity index (χ1v) is 3.17. The van der Waals surface area contributed by atoms with Crippen molar-refractivity contribution >= 4 is 25.3 Å². The van der Waals surface area contributed by atoms with Gasteiger partial charge < -0.3 is 0 Å². The molecule has 1 aromatic rings. The molecule has 0 N–H and O–H groups in total. The Labute approximate surface area is 75.8 Å². The van der Waals surface area contributed by atoms with Gasteiger partial charge >= 0.3 is 16.5 Å². The van der Waals surface area contributed by atoms with E-state index in [0.717, 1.165) is 9.79 Å². The summed E-state index contributed by atoms with van der Waals surface area (Å²) in [5.74, 6) is 0. The van der Waals surface area contributed by atoms with Gasteiger partial charge in [-0.05, 0) is 12.1 Å². The minimum absolute atomic E-state index is 0. The molecule has 0 fully saturated rings. The Morgan fingerprint density at radius 3 is 1.44 bits per heavy atom. The van der Waals surface area contributed by atoms with Crippen LogP contribution in [0, 0.1) is 0 Å². The summed E-state index contributed by atoms with van der Waals surface area (Å²) < 4.78 is 0. The molecule has 0 bridgehead atoms. The molecule has 0 aliphatic carbocycles. The fourth-order valence-corrected chi connectivity index (χ4v) is 0.785. The first-order valence-electron chi connectivity index (χ1n) is 2.27. The van der Waals surface area contributed by atoms with Crippen LogP contribution in [0.3, 0.4) is 0 Å². The van der Waals surface area contributed by atoms with Gasteiger partial charge in [0.05, 0.1) is 0 Å². The van der Waals surface area contributed by atoms with Gasteiger partial charge in [0.15, 0.2) is 0 Å². The van der Waals surface area contributed by atoms with Crippen molar-refractivity contribution < 1.29 is 16.5 Å². The predicted octanol–water partition coefficient (Wildman–Crippen LogP) is 2.26. The fourth-order valence-electron chi connectivity index (χ4n) is 0.464. The second kappa shape index (κ2) is 4.26. The first kappa shape index (κ1) is 9.41. The van der Waals surface area contributed by atoms with Crippen LogP contribution in [0.1, 0.15) is 0 Å². The summed E-state index contributed by atoms with van der Waals surface area (Å²) in [7, 11) is 0. The van der Waals surface area contributed by atoms with Crippen LogP contribution in [-0.4, -0.2) is 0 Å². The van der Waals surface area contributed by atoms with Gasteiger partial charge in [0, 0.05) is 9.79 Å². The Bertz CT molecular complexity index is 167. The van der Waals surface area contributed by atoms with Crippen LogP contribution < -0.4 is 0 Å². The van der Waals surface area contributed by atoms with Crippen molar-refractivity contribution in [1.29, 1.82) is 0 Å². The third-order valence-corrected chi connectivity index (χ3v) is 1.84. The summed E-state index contributed by atoms with van der Waals surface area (Å²) in [6, 6.07) is 7.68. The molecule has 1 rings (SSSR count). The quantitative estimate of drug-likeness (QED) is 0.466. The molecule has 0 aliphatic rings. The molecule has 1 aromatic carbocycles. The SMILES string of the molecule is Sc1ccccc1S.[Ni+2]. The van der Waals surface area contributed by atoms with Crippen molar-refractivity contribution in [2.45, 2.75) is 9.79 Å². The van der Waals surface area contributed by atoms with Crippen molar-refractivity contribution in [3.8, 4) is 0 Å². The molecule has 0 nitrogen and oxygen atoms in total. The standard InChI is InChI=1S/C6H6S2.Ni/c7-5-3-1-2-4-6(5)8;/h1-4,7-8H;/q;+2. The normalized spacial score (nSPS) is 8.22. The second-order valence-electron chi connectivity index (χ2n) is 1.49. The Kier molecular flexibility index (Phi) is 4.46. The summed E-state index contributed by atoms with van der Waals surface area (Å²) in [5, 5.41) is 0. The number of thiol groups is 2. The van der Waals surface area contributed by atoms with Crippen LogP contribution in [-0.2, 0) is 16.5 Å². The number of hydrogen-bond acceptors (Lipinski definition) is 2. The van der Waals surface area contributed by atoms with Crippen LogP contribution in [0.15, 0.2) is 34.1 Å². The number of rotatable bonds is 0. The van der Waals surface area contributed by atoms with Gasteiger partial charge in [-0.15, -0.1) is 25.3 Å². The van der Waals surface area contributed by atoms with Gasteiger partial charge in [-0.1, -0.05) is 12.1 Å². The molecule has 50 valence electrons. The van der Waals surface area contributed by atoms with E-state index in [1.807, 2.05) is 24.3 Å². The summed E-state index contributed by atoms with van der Waals surface area (Å²) in [4.78, 5) is 1.85. The van der Waals surface area contributed by atoms with E-state index in [1.165, 1.54) is 0 Å². The molecule has 0 spiro atoms. The Morgan fingerprint density at radius 2 is 1.22 bits per heavy atom. The van der Waals surface area contributed by atoms with Crippen molar-refractivity contribution in [2.24, 2.45) is 0 Å². The van der Waals surface area contributed by atoms with Crippen LogP contribution in [0.5, 0.6) is 0 Å². The van der Waals surface area contributed by atoms with E-state index >= 15 is 0 Å². The second-order valence-corrected chi connectivity index (χ2v) is 2.45. The van der Waals surface area contributed by atoms with E-state index in [0.29, 0.717) is 0 Å². The molecule has 0 saturated carbocycles. The number of benzene rings is 1. The van der Waals surface area contributed by atoms with Crippen molar-refractivity contribution in [3.05, 3.63) is 24.3 Å². The minimum Gasteiger partial charge on any atom is -0.142 e. The largest absolute Gasteiger partial charge is 2.00 e.